The molecule has 0 fully saturated rings. The first kappa shape index (κ1) is 10.5. The van der Waals surface area contributed by atoms with Crippen molar-refractivity contribution in [3.63, 3.8) is 0 Å². The van der Waals surface area contributed by atoms with Gasteiger partial charge in [-0.2, -0.15) is 0 Å². The van der Waals surface area contributed by atoms with E-state index >= 15 is 0 Å². The molecule has 2 N–H and O–H groups in total. The second-order valence-corrected chi connectivity index (χ2v) is 6.04. The van der Waals surface area contributed by atoms with Crippen molar-refractivity contribution in [2.45, 2.75) is 37.3 Å². The molecule has 0 heterocycles. The summed E-state index contributed by atoms with van der Waals surface area (Å²) in [7, 11) is 0. The summed E-state index contributed by atoms with van der Waals surface area (Å²) < 4.78 is 0.222. The SMILES string of the molecule is Cc1cccc(N)c1SC(C)(C)C. The van der Waals surface area contributed by atoms with Gasteiger partial charge in [0, 0.05) is 15.3 Å². The number of hydrogen-bond acceptors (Lipinski definition) is 2. The van der Waals surface area contributed by atoms with Crippen molar-refractivity contribution in [3.8, 4) is 0 Å². The van der Waals surface area contributed by atoms with Crippen LogP contribution in [0.15, 0.2) is 23.1 Å². The van der Waals surface area contributed by atoms with Gasteiger partial charge in [0.2, 0.25) is 0 Å². The van der Waals surface area contributed by atoms with Gasteiger partial charge in [-0.1, -0.05) is 32.9 Å². The minimum Gasteiger partial charge on any atom is -0.398 e. The van der Waals surface area contributed by atoms with Crippen LogP contribution in [-0.4, -0.2) is 4.75 Å². The van der Waals surface area contributed by atoms with Gasteiger partial charge < -0.3 is 5.73 Å². The normalized spacial score (nSPS) is 11.7. The van der Waals surface area contributed by atoms with Gasteiger partial charge in [0.1, 0.15) is 0 Å². The van der Waals surface area contributed by atoms with Gasteiger partial charge in [-0.25, -0.2) is 0 Å². The molecular weight excluding hydrogens is 178 g/mol. The minimum atomic E-state index is 0.222. The highest BCUT2D eigenvalue weighted by atomic mass is 32.2. The highest BCUT2D eigenvalue weighted by molar-refractivity contribution is 8.00. The molecule has 0 unspecified atom stereocenters. The lowest BCUT2D eigenvalue weighted by Gasteiger charge is -2.20. The number of nitrogens with two attached hydrogens (primary N) is 1. The van der Waals surface area contributed by atoms with E-state index in [1.165, 1.54) is 10.5 Å². The quantitative estimate of drug-likeness (QED) is 0.548. The Morgan fingerprint density at radius 1 is 1.23 bits per heavy atom. The Balaban J connectivity index is 3.00. The monoisotopic (exact) mass is 195 g/mol. The topological polar surface area (TPSA) is 26.0 Å². The van der Waals surface area contributed by atoms with E-state index in [1.807, 2.05) is 23.9 Å². The van der Waals surface area contributed by atoms with Crippen molar-refractivity contribution in [1.82, 2.24) is 0 Å². The van der Waals surface area contributed by atoms with E-state index in [0.717, 1.165) is 5.69 Å². The van der Waals surface area contributed by atoms with Gasteiger partial charge in [0.25, 0.3) is 0 Å². The van der Waals surface area contributed by atoms with Crippen molar-refractivity contribution < 1.29 is 0 Å². The van der Waals surface area contributed by atoms with Crippen molar-refractivity contribution in [3.05, 3.63) is 23.8 Å². The first-order valence-electron chi connectivity index (χ1n) is 4.44. The maximum atomic E-state index is 5.91. The number of anilines is 1. The molecule has 0 bridgehead atoms. The molecule has 0 spiro atoms. The average Bonchev–Trinajstić information content (AvgIpc) is 1.95. The van der Waals surface area contributed by atoms with Gasteiger partial charge >= 0.3 is 0 Å². The lowest BCUT2D eigenvalue weighted by molar-refractivity contribution is 0.802. The number of benzene rings is 1. The number of nitrogen functional groups attached to an aromatic ring is 1. The molecule has 0 radical (unpaired) electrons. The molecule has 0 atom stereocenters. The minimum absolute atomic E-state index is 0.222. The first-order chi connectivity index (χ1) is 5.90. The largest absolute Gasteiger partial charge is 0.398 e. The summed E-state index contributed by atoms with van der Waals surface area (Å²) in [5.41, 5.74) is 8.06. The van der Waals surface area contributed by atoms with E-state index in [1.54, 1.807) is 0 Å². The van der Waals surface area contributed by atoms with Crippen LogP contribution in [0.5, 0.6) is 0 Å². The summed E-state index contributed by atoms with van der Waals surface area (Å²) in [6, 6.07) is 6.06. The molecule has 1 aromatic carbocycles. The summed E-state index contributed by atoms with van der Waals surface area (Å²) >= 11 is 1.83. The third-order valence-corrected chi connectivity index (χ3v) is 3.02. The summed E-state index contributed by atoms with van der Waals surface area (Å²) in [5, 5.41) is 0. The Kier molecular flexibility index (Phi) is 2.91. The van der Waals surface area contributed by atoms with Gasteiger partial charge in [0.05, 0.1) is 0 Å². The lowest BCUT2D eigenvalue weighted by Crippen LogP contribution is -2.08. The third kappa shape index (κ3) is 2.96. The molecule has 1 rings (SSSR count). The van der Waals surface area contributed by atoms with Gasteiger partial charge in [-0.15, -0.1) is 11.8 Å². The zero-order valence-electron chi connectivity index (χ0n) is 8.72. The second-order valence-electron chi connectivity index (χ2n) is 4.21. The average molecular weight is 195 g/mol. The summed E-state index contributed by atoms with van der Waals surface area (Å²) in [6.07, 6.45) is 0. The maximum Gasteiger partial charge on any atom is 0.0455 e. The Morgan fingerprint density at radius 2 is 1.85 bits per heavy atom. The highest BCUT2D eigenvalue weighted by Crippen LogP contribution is 2.37. The number of thioether (sulfide) groups is 1. The zero-order chi connectivity index (χ0) is 10.1. The fourth-order valence-electron chi connectivity index (χ4n) is 1.12. The van der Waals surface area contributed by atoms with Crippen LogP contribution in [0.4, 0.5) is 5.69 Å². The van der Waals surface area contributed by atoms with Gasteiger partial charge in [0.15, 0.2) is 0 Å². The van der Waals surface area contributed by atoms with Crippen molar-refractivity contribution in [2.24, 2.45) is 0 Å². The summed E-state index contributed by atoms with van der Waals surface area (Å²) in [5.74, 6) is 0. The van der Waals surface area contributed by atoms with E-state index in [9.17, 15) is 0 Å². The maximum absolute atomic E-state index is 5.91. The second kappa shape index (κ2) is 3.62. The van der Waals surface area contributed by atoms with Crippen LogP contribution in [0.2, 0.25) is 0 Å². The zero-order valence-corrected chi connectivity index (χ0v) is 9.53. The van der Waals surface area contributed by atoms with Crippen LogP contribution in [0.3, 0.4) is 0 Å². The van der Waals surface area contributed by atoms with Gasteiger partial charge in [-0.05, 0) is 18.6 Å². The molecule has 2 heteroatoms. The molecule has 0 saturated heterocycles. The van der Waals surface area contributed by atoms with Gasteiger partial charge in [-0.3, -0.25) is 0 Å². The lowest BCUT2D eigenvalue weighted by atomic mass is 10.2. The van der Waals surface area contributed by atoms with Crippen LogP contribution in [0.1, 0.15) is 26.3 Å². The Bertz CT molecular complexity index is 279. The van der Waals surface area contributed by atoms with Crippen LogP contribution < -0.4 is 5.73 Å². The predicted octanol–water partition coefficient (Wildman–Crippen LogP) is 3.47. The molecule has 0 aliphatic rings. The molecule has 72 valence electrons. The van der Waals surface area contributed by atoms with E-state index < -0.39 is 0 Å². The molecule has 1 nitrogen and oxygen atoms in total. The fourth-order valence-corrected chi connectivity index (χ4v) is 2.15. The number of hydrogen-bond donors (Lipinski definition) is 1. The third-order valence-electron chi connectivity index (χ3n) is 1.65. The van der Waals surface area contributed by atoms with Crippen molar-refractivity contribution >= 4 is 17.4 Å². The van der Waals surface area contributed by atoms with E-state index in [2.05, 4.69) is 33.8 Å². The molecule has 0 aliphatic heterocycles. The Morgan fingerprint density at radius 3 is 2.31 bits per heavy atom. The van der Waals surface area contributed by atoms with E-state index in [-0.39, 0.29) is 4.75 Å². The van der Waals surface area contributed by atoms with Crippen LogP contribution in [-0.2, 0) is 0 Å². The fraction of sp³-hybridized carbons (Fsp3) is 0.455. The molecule has 0 aromatic heterocycles. The van der Waals surface area contributed by atoms with Crippen LogP contribution in [0, 0.1) is 6.92 Å². The summed E-state index contributed by atoms with van der Waals surface area (Å²) in [6.45, 7) is 8.70. The van der Waals surface area contributed by atoms with E-state index in [4.69, 9.17) is 5.73 Å². The molecule has 0 saturated carbocycles. The summed E-state index contributed by atoms with van der Waals surface area (Å²) in [4.78, 5) is 1.22. The van der Waals surface area contributed by atoms with Crippen LogP contribution in [0.25, 0.3) is 0 Å². The standard InChI is InChI=1S/C11H17NS/c1-8-6-5-7-9(12)10(8)13-11(2,3)4/h5-7H,12H2,1-4H3. The Labute approximate surface area is 84.7 Å². The van der Waals surface area contributed by atoms with Crippen molar-refractivity contribution in [2.75, 3.05) is 5.73 Å². The molecule has 0 amide bonds. The first-order valence-corrected chi connectivity index (χ1v) is 5.26. The highest BCUT2D eigenvalue weighted by Gasteiger charge is 2.15. The van der Waals surface area contributed by atoms with Crippen molar-refractivity contribution in [1.29, 1.82) is 0 Å². The molecule has 0 aliphatic carbocycles. The predicted molar refractivity (Wildman–Crippen MR) is 61.2 cm³/mol. The number of aryl methyl sites for hydroxylation is 1. The smallest absolute Gasteiger partial charge is 0.0455 e. The number of rotatable bonds is 1. The molecular formula is C11H17NS. The molecule has 1 aromatic rings. The van der Waals surface area contributed by atoms with E-state index in [0.29, 0.717) is 0 Å². The molecule has 13 heavy (non-hydrogen) atoms. The van der Waals surface area contributed by atoms with Crippen LogP contribution >= 0.6 is 11.8 Å². The Hall–Kier alpha value is -0.630.